The minimum Gasteiger partial charge on any atom is -0.348 e. The van der Waals surface area contributed by atoms with E-state index in [4.69, 9.17) is 4.98 Å². The van der Waals surface area contributed by atoms with Gasteiger partial charge in [0.25, 0.3) is 0 Å². The highest BCUT2D eigenvalue weighted by atomic mass is 15.3. The second-order valence-electron chi connectivity index (χ2n) is 6.16. The van der Waals surface area contributed by atoms with Crippen LogP contribution in [0.25, 0.3) is 0 Å². The zero-order valence-electron chi connectivity index (χ0n) is 11.6. The maximum atomic E-state index is 4.93. The van der Waals surface area contributed by atoms with Crippen molar-refractivity contribution >= 4 is 5.82 Å². The summed E-state index contributed by atoms with van der Waals surface area (Å²) in [6.07, 6.45) is 2.24. The summed E-state index contributed by atoms with van der Waals surface area (Å²) >= 11 is 0. The molecule has 3 heteroatoms. The monoisotopic (exact) mass is 245 g/mol. The van der Waals surface area contributed by atoms with Crippen LogP contribution >= 0.6 is 0 Å². The van der Waals surface area contributed by atoms with Crippen molar-refractivity contribution < 1.29 is 0 Å². The molecule has 98 valence electrons. The van der Waals surface area contributed by atoms with E-state index in [1.807, 2.05) is 0 Å². The van der Waals surface area contributed by atoms with Gasteiger partial charge in [0.2, 0.25) is 0 Å². The van der Waals surface area contributed by atoms with Gasteiger partial charge in [-0.05, 0) is 37.3 Å². The smallest absolute Gasteiger partial charge is 0.132 e. The molecule has 1 aromatic rings. The Morgan fingerprint density at radius 3 is 3.00 bits per heavy atom. The molecule has 18 heavy (non-hydrogen) atoms. The first-order valence-electron chi connectivity index (χ1n) is 7.13. The number of fused-ring (bicyclic) bond motifs is 3. The van der Waals surface area contributed by atoms with Crippen molar-refractivity contribution in [1.29, 1.82) is 0 Å². The molecular formula is C15H23N3. The van der Waals surface area contributed by atoms with E-state index >= 15 is 0 Å². The van der Waals surface area contributed by atoms with Crippen LogP contribution < -0.4 is 10.2 Å². The van der Waals surface area contributed by atoms with Crippen LogP contribution in [0, 0.1) is 5.92 Å². The van der Waals surface area contributed by atoms with Crippen LogP contribution in [0.3, 0.4) is 0 Å². The molecule has 2 aliphatic rings. The number of rotatable bonds is 2. The summed E-state index contributed by atoms with van der Waals surface area (Å²) in [5.41, 5.74) is 2.68. The van der Waals surface area contributed by atoms with Gasteiger partial charge >= 0.3 is 0 Å². The molecule has 0 aliphatic carbocycles. The van der Waals surface area contributed by atoms with Crippen molar-refractivity contribution in [3.8, 4) is 0 Å². The molecule has 3 nitrogen and oxygen atoms in total. The fourth-order valence-electron chi connectivity index (χ4n) is 3.25. The Hall–Kier alpha value is -1.09. The average Bonchev–Trinajstić information content (AvgIpc) is 2.67. The first-order valence-corrected chi connectivity index (χ1v) is 7.13. The third kappa shape index (κ3) is 2.01. The largest absolute Gasteiger partial charge is 0.348 e. The summed E-state index contributed by atoms with van der Waals surface area (Å²) < 4.78 is 0. The lowest BCUT2D eigenvalue weighted by atomic mass is 10.1. The molecule has 3 heterocycles. The maximum absolute atomic E-state index is 4.93. The molecule has 0 saturated carbocycles. The summed E-state index contributed by atoms with van der Waals surface area (Å²) in [5.74, 6) is 1.93. The van der Waals surface area contributed by atoms with E-state index in [1.165, 1.54) is 17.1 Å². The number of aromatic nitrogens is 1. The maximum Gasteiger partial charge on any atom is 0.132 e. The highest BCUT2D eigenvalue weighted by Gasteiger charge is 2.36. The zero-order chi connectivity index (χ0) is 12.7. The summed E-state index contributed by atoms with van der Waals surface area (Å²) in [5, 5.41) is 3.52. The molecule has 1 N–H and O–H groups in total. The summed E-state index contributed by atoms with van der Waals surface area (Å²) in [4.78, 5) is 7.46. The Kier molecular flexibility index (Phi) is 3.02. The molecule has 3 rings (SSSR count). The lowest BCUT2D eigenvalue weighted by molar-refractivity contribution is 0.427. The van der Waals surface area contributed by atoms with Crippen LogP contribution in [0.15, 0.2) is 12.1 Å². The molecule has 0 amide bonds. The zero-order valence-corrected chi connectivity index (χ0v) is 11.6. The average molecular weight is 245 g/mol. The topological polar surface area (TPSA) is 28.2 Å². The fourth-order valence-corrected chi connectivity index (χ4v) is 3.25. The minimum atomic E-state index is 0.562. The number of pyridine rings is 1. The first-order chi connectivity index (χ1) is 8.65. The number of hydrogen-bond donors (Lipinski definition) is 1. The van der Waals surface area contributed by atoms with Crippen molar-refractivity contribution in [1.82, 2.24) is 10.3 Å². The van der Waals surface area contributed by atoms with Crippen molar-refractivity contribution in [2.75, 3.05) is 18.0 Å². The number of anilines is 1. The molecule has 2 atom stereocenters. The van der Waals surface area contributed by atoms with Gasteiger partial charge < -0.3 is 10.2 Å². The van der Waals surface area contributed by atoms with E-state index in [-0.39, 0.29) is 0 Å². The van der Waals surface area contributed by atoms with Crippen molar-refractivity contribution in [3.05, 3.63) is 23.4 Å². The van der Waals surface area contributed by atoms with Gasteiger partial charge in [0.15, 0.2) is 0 Å². The van der Waals surface area contributed by atoms with E-state index in [0.717, 1.165) is 25.9 Å². The van der Waals surface area contributed by atoms with Crippen LogP contribution in [-0.4, -0.2) is 30.2 Å². The van der Waals surface area contributed by atoms with Gasteiger partial charge in [0.1, 0.15) is 5.82 Å². The Bertz CT molecular complexity index is 441. The lowest BCUT2D eigenvalue weighted by Crippen LogP contribution is -2.55. The number of nitrogens with one attached hydrogen (secondary N) is 1. The van der Waals surface area contributed by atoms with Crippen molar-refractivity contribution in [3.63, 3.8) is 0 Å². The Morgan fingerprint density at radius 1 is 1.39 bits per heavy atom. The SMILES string of the molecule is CC(C)Cc1ccc2c(n1)N1[C@@H](CNC[C@H]1C)C2. The Morgan fingerprint density at radius 2 is 2.22 bits per heavy atom. The predicted molar refractivity (Wildman–Crippen MR) is 75.1 cm³/mol. The molecule has 0 radical (unpaired) electrons. The molecular weight excluding hydrogens is 222 g/mol. The third-order valence-electron chi connectivity index (χ3n) is 4.02. The number of piperazine rings is 1. The molecule has 2 aliphatic heterocycles. The second-order valence-corrected chi connectivity index (χ2v) is 6.16. The Labute approximate surface area is 110 Å². The van der Waals surface area contributed by atoms with Crippen LogP contribution in [0.4, 0.5) is 5.82 Å². The molecule has 1 saturated heterocycles. The van der Waals surface area contributed by atoms with Crippen LogP contribution in [0.1, 0.15) is 32.0 Å². The van der Waals surface area contributed by atoms with Gasteiger partial charge in [0.05, 0.1) is 0 Å². The van der Waals surface area contributed by atoms with Gasteiger partial charge in [-0.1, -0.05) is 19.9 Å². The van der Waals surface area contributed by atoms with Crippen molar-refractivity contribution in [2.24, 2.45) is 5.92 Å². The van der Waals surface area contributed by atoms with Crippen LogP contribution in [0.2, 0.25) is 0 Å². The molecule has 0 aromatic carbocycles. The summed E-state index contributed by atoms with van der Waals surface area (Å²) in [6.45, 7) is 8.98. The van der Waals surface area contributed by atoms with Gasteiger partial charge in [-0.2, -0.15) is 0 Å². The molecule has 0 bridgehead atoms. The van der Waals surface area contributed by atoms with E-state index in [2.05, 4.69) is 43.1 Å². The van der Waals surface area contributed by atoms with Crippen LogP contribution in [0.5, 0.6) is 0 Å². The molecule has 1 aromatic heterocycles. The minimum absolute atomic E-state index is 0.562. The van der Waals surface area contributed by atoms with E-state index in [9.17, 15) is 0 Å². The second kappa shape index (κ2) is 4.54. The summed E-state index contributed by atoms with van der Waals surface area (Å²) in [6, 6.07) is 5.69. The summed E-state index contributed by atoms with van der Waals surface area (Å²) in [7, 11) is 0. The highest BCUT2D eigenvalue weighted by molar-refractivity contribution is 5.56. The Balaban J connectivity index is 1.92. The highest BCUT2D eigenvalue weighted by Crippen LogP contribution is 2.33. The first kappa shape index (κ1) is 12.0. The normalized spacial score (nSPS) is 26.3. The molecule has 0 spiro atoms. The molecule has 1 fully saturated rings. The van der Waals surface area contributed by atoms with Gasteiger partial charge in [-0.25, -0.2) is 4.98 Å². The van der Waals surface area contributed by atoms with E-state index in [1.54, 1.807) is 0 Å². The quantitative estimate of drug-likeness (QED) is 0.864. The standard InChI is InChI=1S/C15H23N3/c1-10(2)6-13-5-4-12-7-14-9-16-8-11(3)18(14)15(12)17-13/h4-5,10-11,14,16H,6-9H2,1-3H3/t11-,14-/m1/s1. The number of nitrogens with zero attached hydrogens (tertiary/aromatic N) is 2. The molecule has 0 unspecified atom stereocenters. The lowest BCUT2D eigenvalue weighted by Gasteiger charge is -2.37. The number of hydrogen-bond acceptors (Lipinski definition) is 3. The fraction of sp³-hybridized carbons (Fsp3) is 0.667. The van der Waals surface area contributed by atoms with Gasteiger partial charge in [-0.3, -0.25) is 0 Å². The van der Waals surface area contributed by atoms with Gasteiger partial charge in [0, 0.05) is 30.9 Å². The van der Waals surface area contributed by atoms with Gasteiger partial charge in [-0.15, -0.1) is 0 Å². The third-order valence-corrected chi connectivity index (χ3v) is 4.02. The van der Waals surface area contributed by atoms with Crippen LogP contribution in [-0.2, 0) is 12.8 Å². The van der Waals surface area contributed by atoms with Crippen molar-refractivity contribution in [2.45, 2.75) is 45.7 Å². The van der Waals surface area contributed by atoms with E-state index in [0.29, 0.717) is 18.0 Å². The predicted octanol–water partition coefficient (Wildman–Crippen LogP) is 2.00. The van der Waals surface area contributed by atoms with E-state index < -0.39 is 0 Å².